The molecule has 17 heavy (non-hydrogen) atoms. The highest BCUT2D eigenvalue weighted by molar-refractivity contribution is 9.10. The second-order valence-electron chi connectivity index (χ2n) is 5.05. The van der Waals surface area contributed by atoms with E-state index >= 15 is 0 Å². The number of nitrogens with zero attached hydrogens (tertiary/aromatic N) is 1. The van der Waals surface area contributed by atoms with E-state index in [2.05, 4.69) is 40.0 Å². The second-order valence-corrected chi connectivity index (χ2v) is 5.97. The third-order valence-electron chi connectivity index (χ3n) is 3.73. The maximum absolute atomic E-state index is 6.04. The zero-order chi connectivity index (χ0) is 12.3. The predicted molar refractivity (Wildman–Crippen MR) is 76.9 cm³/mol. The lowest BCUT2D eigenvalue weighted by Crippen LogP contribution is -2.33. The van der Waals surface area contributed by atoms with E-state index in [1.54, 1.807) is 0 Å². The van der Waals surface area contributed by atoms with Crippen LogP contribution in [0.15, 0.2) is 22.7 Å². The van der Waals surface area contributed by atoms with Gasteiger partial charge in [-0.1, -0.05) is 41.3 Å². The monoisotopic (exact) mass is 296 g/mol. The highest BCUT2D eigenvalue weighted by atomic mass is 79.9. The van der Waals surface area contributed by atoms with Gasteiger partial charge in [-0.3, -0.25) is 4.90 Å². The van der Waals surface area contributed by atoms with Gasteiger partial charge in [-0.25, -0.2) is 0 Å². The predicted octanol–water partition coefficient (Wildman–Crippen LogP) is 3.80. The largest absolute Gasteiger partial charge is 0.398 e. The van der Waals surface area contributed by atoms with Crippen LogP contribution in [0.4, 0.5) is 5.69 Å². The minimum atomic E-state index is 0.742. The van der Waals surface area contributed by atoms with Gasteiger partial charge >= 0.3 is 0 Å². The minimum Gasteiger partial charge on any atom is -0.398 e. The summed E-state index contributed by atoms with van der Waals surface area (Å²) in [5, 5.41) is 0. The number of anilines is 1. The number of hydrogen-bond donors (Lipinski definition) is 1. The zero-order valence-corrected chi connectivity index (χ0v) is 12.0. The summed E-state index contributed by atoms with van der Waals surface area (Å²) in [5.74, 6) is 0. The Morgan fingerprint density at radius 3 is 2.65 bits per heavy atom. The molecule has 0 saturated heterocycles. The first-order valence-corrected chi connectivity index (χ1v) is 7.20. The second kappa shape index (κ2) is 5.87. The molecule has 0 atom stereocenters. The fraction of sp³-hybridized carbons (Fsp3) is 0.571. The smallest absolute Gasteiger partial charge is 0.0371 e. The standard InChI is InChI=1S/C14H21BrN2/c1-17(13-5-3-2-4-6-13)10-11-7-8-12(15)9-14(11)16/h7-9,13H,2-6,10,16H2,1H3. The quantitative estimate of drug-likeness (QED) is 0.860. The van der Waals surface area contributed by atoms with Crippen LogP contribution in [0.2, 0.25) is 0 Å². The molecule has 0 aromatic heterocycles. The molecule has 0 aliphatic heterocycles. The number of rotatable bonds is 3. The number of nitrogens with two attached hydrogens (primary N) is 1. The summed E-state index contributed by atoms with van der Waals surface area (Å²) in [6.07, 6.45) is 6.85. The van der Waals surface area contributed by atoms with Crippen LogP contribution in [-0.2, 0) is 6.54 Å². The first-order valence-electron chi connectivity index (χ1n) is 6.41. The van der Waals surface area contributed by atoms with Crippen molar-refractivity contribution in [3.05, 3.63) is 28.2 Å². The summed E-state index contributed by atoms with van der Waals surface area (Å²) in [6, 6.07) is 6.93. The maximum Gasteiger partial charge on any atom is 0.0371 e. The van der Waals surface area contributed by atoms with Crippen LogP contribution < -0.4 is 5.73 Å². The van der Waals surface area contributed by atoms with Crippen molar-refractivity contribution in [2.24, 2.45) is 0 Å². The molecule has 0 bridgehead atoms. The third-order valence-corrected chi connectivity index (χ3v) is 4.22. The van der Waals surface area contributed by atoms with Gasteiger partial charge in [-0.2, -0.15) is 0 Å². The fourth-order valence-corrected chi connectivity index (χ4v) is 3.01. The van der Waals surface area contributed by atoms with Gasteiger partial charge in [0, 0.05) is 22.7 Å². The average Bonchev–Trinajstić information content (AvgIpc) is 2.34. The fourth-order valence-electron chi connectivity index (χ4n) is 2.63. The summed E-state index contributed by atoms with van der Waals surface area (Å²) >= 11 is 3.45. The van der Waals surface area contributed by atoms with Gasteiger partial charge in [0.25, 0.3) is 0 Å². The SMILES string of the molecule is CN(Cc1ccc(Br)cc1N)C1CCCCC1. The van der Waals surface area contributed by atoms with E-state index in [-0.39, 0.29) is 0 Å². The number of benzene rings is 1. The van der Waals surface area contributed by atoms with Gasteiger partial charge < -0.3 is 5.73 Å². The van der Waals surface area contributed by atoms with Crippen molar-refractivity contribution in [1.82, 2.24) is 4.90 Å². The van der Waals surface area contributed by atoms with Crippen LogP contribution in [-0.4, -0.2) is 18.0 Å². The minimum absolute atomic E-state index is 0.742. The molecular weight excluding hydrogens is 276 g/mol. The van der Waals surface area contributed by atoms with Crippen LogP contribution in [0.3, 0.4) is 0 Å². The van der Waals surface area contributed by atoms with Crippen molar-refractivity contribution >= 4 is 21.6 Å². The summed E-state index contributed by atoms with van der Waals surface area (Å²) in [6.45, 7) is 0.962. The van der Waals surface area contributed by atoms with Gasteiger partial charge in [-0.15, -0.1) is 0 Å². The van der Waals surface area contributed by atoms with Crippen molar-refractivity contribution < 1.29 is 0 Å². The molecule has 2 N–H and O–H groups in total. The lowest BCUT2D eigenvalue weighted by atomic mass is 9.94. The molecule has 1 fully saturated rings. The van der Waals surface area contributed by atoms with E-state index in [0.717, 1.165) is 22.7 Å². The number of hydrogen-bond acceptors (Lipinski definition) is 2. The van der Waals surface area contributed by atoms with E-state index in [1.165, 1.54) is 37.7 Å². The molecule has 1 aliphatic rings. The molecule has 0 heterocycles. The molecule has 0 radical (unpaired) electrons. The van der Waals surface area contributed by atoms with Gasteiger partial charge in [0.1, 0.15) is 0 Å². The molecule has 0 amide bonds. The van der Waals surface area contributed by atoms with Crippen molar-refractivity contribution in [2.75, 3.05) is 12.8 Å². The lowest BCUT2D eigenvalue weighted by Gasteiger charge is -2.31. The number of halogens is 1. The van der Waals surface area contributed by atoms with Gasteiger partial charge in [-0.05, 0) is 37.6 Å². The van der Waals surface area contributed by atoms with Crippen LogP contribution in [0.5, 0.6) is 0 Å². The highest BCUT2D eigenvalue weighted by Gasteiger charge is 2.18. The molecule has 1 aromatic rings. The van der Waals surface area contributed by atoms with Crippen LogP contribution >= 0.6 is 15.9 Å². The molecule has 2 nitrogen and oxygen atoms in total. The third kappa shape index (κ3) is 3.46. The van der Waals surface area contributed by atoms with Gasteiger partial charge in [0.05, 0.1) is 0 Å². The molecule has 1 aliphatic carbocycles. The Kier molecular flexibility index (Phi) is 4.46. The first-order chi connectivity index (χ1) is 8.16. The molecular formula is C14H21BrN2. The molecule has 1 aromatic carbocycles. The molecule has 0 unspecified atom stereocenters. The zero-order valence-electron chi connectivity index (χ0n) is 10.5. The van der Waals surface area contributed by atoms with Crippen molar-refractivity contribution in [3.63, 3.8) is 0 Å². The van der Waals surface area contributed by atoms with Crippen LogP contribution in [0, 0.1) is 0 Å². The van der Waals surface area contributed by atoms with E-state index in [4.69, 9.17) is 5.73 Å². The van der Waals surface area contributed by atoms with Crippen molar-refractivity contribution in [1.29, 1.82) is 0 Å². The lowest BCUT2D eigenvalue weighted by molar-refractivity contribution is 0.185. The Morgan fingerprint density at radius 2 is 2.00 bits per heavy atom. The Hall–Kier alpha value is -0.540. The summed E-state index contributed by atoms with van der Waals surface area (Å²) in [7, 11) is 2.22. The van der Waals surface area contributed by atoms with Gasteiger partial charge in [0.15, 0.2) is 0 Å². The molecule has 94 valence electrons. The maximum atomic E-state index is 6.04. The highest BCUT2D eigenvalue weighted by Crippen LogP contribution is 2.25. The molecule has 3 heteroatoms. The number of nitrogen functional groups attached to an aromatic ring is 1. The molecule has 2 rings (SSSR count). The van der Waals surface area contributed by atoms with E-state index in [0.29, 0.717) is 0 Å². The van der Waals surface area contributed by atoms with Crippen LogP contribution in [0.1, 0.15) is 37.7 Å². The Balaban J connectivity index is 1.99. The topological polar surface area (TPSA) is 29.3 Å². The van der Waals surface area contributed by atoms with Crippen molar-refractivity contribution in [3.8, 4) is 0 Å². The van der Waals surface area contributed by atoms with Crippen molar-refractivity contribution in [2.45, 2.75) is 44.7 Å². The van der Waals surface area contributed by atoms with E-state index in [1.807, 2.05) is 6.07 Å². The summed E-state index contributed by atoms with van der Waals surface area (Å²) < 4.78 is 1.05. The first kappa shape index (κ1) is 12.9. The van der Waals surface area contributed by atoms with E-state index in [9.17, 15) is 0 Å². The van der Waals surface area contributed by atoms with Crippen LogP contribution in [0.25, 0.3) is 0 Å². The molecule has 1 saturated carbocycles. The summed E-state index contributed by atoms with van der Waals surface area (Å²) in [5.41, 5.74) is 8.17. The molecule has 0 spiro atoms. The van der Waals surface area contributed by atoms with Gasteiger partial charge in [0.2, 0.25) is 0 Å². The Labute approximate surface area is 112 Å². The Bertz CT molecular complexity index is 372. The van der Waals surface area contributed by atoms with E-state index < -0.39 is 0 Å². The average molecular weight is 297 g/mol. The Morgan fingerprint density at radius 1 is 1.29 bits per heavy atom. The summed E-state index contributed by atoms with van der Waals surface area (Å²) in [4.78, 5) is 2.46. The normalized spacial score (nSPS) is 17.6.